The summed E-state index contributed by atoms with van der Waals surface area (Å²) in [5, 5.41) is 11.9. The van der Waals surface area contributed by atoms with Gasteiger partial charge in [0.2, 0.25) is 11.8 Å². The summed E-state index contributed by atoms with van der Waals surface area (Å²) in [4.78, 5) is 40.9. The zero-order valence-corrected chi connectivity index (χ0v) is 16.7. The fourth-order valence-electron chi connectivity index (χ4n) is 4.23. The van der Waals surface area contributed by atoms with E-state index in [1.807, 2.05) is 24.3 Å². The Balaban J connectivity index is 1.60. The van der Waals surface area contributed by atoms with Gasteiger partial charge in [0, 0.05) is 23.5 Å². The Morgan fingerprint density at radius 2 is 2.03 bits per heavy atom. The molecule has 1 aromatic carbocycles. The maximum absolute atomic E-state index is 13.0. The number of H-pyrrole nitrogens is 1. The molecule has 2 amide bonds. The number of carbonyl (C=O) groups excluding carboxylic acids is 2. The van der Waals surface area contributed by atoms with Crippen molar-refractivity contribution in [2.24, 2.45) is 0 Å². The number of aliphatic carboxylic acids is 1. The maximum atomic E-state index is 13.0. The van der Waals surface area contributed by atoms with Crippen LogP contribution in [0.25, 0.3) is 10.9 Å². The Morgan fingerprint density at radius 3 is 2.69 bits per heavy atom. The van der Waals surface area contributed by atoms with E-state index in [1.165, 1.54) is 13.8 Å². The molecule has 9 nitrogen and oxygen atoms in total. The molecule has 154 valence electrons. The minimum atomic E-state index is -3.74. The zero-order chi connectivity index (χ0) is 21.1. The number of carboxylic acids is 1. The van der Waals surface area contributed by atoms with Crippen molar-refractivity contribution in [3.63, 3.8) is 0 Å². The van der Waals surface area contributed by atoms with Gasteiger partial charge in [0.05, 0.1) is 11.2 Å². The van der Waals surface area contributed by atoms with Crippen molar-refractivity contribution in [2.45, 2.75) is 48.9 Å². The molecule has 3 atom stereocenters. The second-order valence-electron chi connectivity index (χ2n) is 7.97. The van der Waals surface area contributed by atoms with Gasteiger partial charge in [0.15, 0.2) is 9.84 Å². The van der Waals surface area contributed by atoms with Crippen LogP contribution in [0.5, 0.6) is 0 Å². The predicted octanol–water partition coefficient (Wildman–Crippen LogP) is 0.414. The Kier molecular flexibility index (Phi) is 4.23. The molecular weight excluding hydrogens is 398 g/mol. The van der Waals surface area contributed by atoms with Gasteiger partial charge >= 0.3 is 5.97 Å². The largest absolute Gasteiger partial charge is 0.480 e. The van der Waals surface area contributed by atoms with Crippen LogP contribution in [0.15, 0.2) is 30.5 Å². The number of aromatic nitrogens is 1. The lowest BCUT2D eigenvalue weighted by Gasteiger charge is -2.37. The maximum Gasteiger partial charge on any atom is 0.326 e. The molecule has 29 heavy (non-hydrogen) atoms. The van der Waals surface area contributed by atoms with E-state index in [4.69, 9.17) is 0 Å². The first-order valence-corrected chi connectivity index (χ1v) is 10.7. The number of fused-ring (bicyclic) bond motifs is 2. The molecule has 0 radical (unpaired) electrons. The lowest BCUT2D eigenvalue weighted by atomic mass is 9.96. The summed E-state index contributed by atoms with van der Waals surface area (Å²) in [5.41, 5.74) is 1.56. The van der Waals surface area contributed by atoms with Gasteiger partial charge < -0.3 is 20.3 Å². The first-order valence-electron chi connectivity index (χ1n) is 9.18. The molecule has 2 aliphatic heterocycles. The minimum Gasteiger partial charge on any atom is -0.480 e. The number of hydrogen-bond donors (Lipinski definition) is 3. The van der Waals surface area contributed by atoms with Gasteiger partial charge in [0.25, 0.3) is 0 Å². The average molecular weight is 419 g/mol. The normalized spacial score (nSPS) is 25.3. The highest BCUT2D eigenvalue weighted by atomic mass is 32.2. The minimum absolute atomic E-state index is 0.0162. The highest BCUT2D eigenvalue weighted by molar-refractivity contribution is 7.93. The first kappa shape index (κ1) is 19.4. The lowest BCUT2D eigenvalue weighted by molar-refractivity contribution is -0.151. The second kappa shape index (κ2) is 6.31. The molecule has 3 heterocycles. The number of nitrogens with one attached hydrogen (secondary N) is 2. The quantitative estimate of drug-likeness (QED) is 0.601. The number of hydrogen-bond acceptors (Lipinski definition) is 5. The Morgan fingerprint density at radius 1 is 1.34 bits per heavy atom. The van der Waals surface area contributed by atoms with E-state index in [9.17, 15) is 27.9 Å². The molecule has 3 N–H and O–H groups in total. The van der Waals surface area contributed by atoms with E-state index in [-0.39, 0.29) is 12.8 Å². The number of benzene rings is 1. The number of amides is 2. The van der Waals surface area contributed by atoms with Gasteiger partial charge in [-0.3, -0.25) is 9.59 Å². The number of para-hydroxylation sites is 1. The molecule has 2 aliphatic rings. The number of β-lactam (4-membered cyclic amide) rings is 1. The highest BCUT2D eigenvalue weighted by Crippen LogP contribution is 2.45. The van der Waals surface area contributed by atoms with E-state index in [1.54, 1.807) is 6.20 Å². The molecule has 2 aromatic rings. The number of nitrogens with zero attached hydrogens (tertiary/aromatic N) is 1. The Bertz CT molecular complexity index is 1140. The van der Waals surface area contributed by atoms with Crippen LogP contribution in [0, 0.1) is 0 Å². The van der Waals surface area contributed by atoms with E-state index in [0.717, 1.165) is 15.8 Å². The van der Waals surface area contributed by atoms with Gasteiger partial charge in [-0.05, 0) is 25.5 Å². The molecule has 2 fully saturated rings. The van der Waals surface area contributed by atoms with Crippen LogP contribution in [-0.4, -0.2) is 63.4 Å². The van der Waals surface area contributed by atoms with Gasteiger partial charge in [0.1, 0.15) is 17.5 Å². The molecule has 0 unspecified atom stereocenters. The van der Waals surface area contributed by atoms with Crippen LogP contribution in [0.2, 0.25) is 0 Å². The van der Waals surface area contributed by atoms with Crippen LogP contribution >= 0.6 is 0 Å². The molecule has 0 aliphatic carbocycles. The summed E-state index contributed by atoms with van der Waals surface area (Å²) in [6.45, 7) is 2.79. The number of sulfone groups is 1. The van der Waals surface area contributed by atoms with Crippen LogP contribution in [0.3, 0.4) is 0 Å². The van der Waals surface area contributed by atoms with Crippen molar-refractivity contribution in [3.8, 4) is 0 Å². The third kappa shape index (κ3) is 2.73. The predicted molar refractivity (Wildman–Crippen MR) is 104 cm³/mol. The third-order valence-electron chi connectivity index (χ3n) is 5.94. The van der Waals surface area contributed by atoms with Gasteiger partial charge in [-0.2, -0.15) is 0 Å². The SMILES string of the molecule is CC1(C)[C@@H](C(=O)N[C@@H](Cc2c[nH]c3ccccc23)C(=O)O)N2C(=O)C[C@H]2S1(=O)=O. The van der Waals surface area contributed by atoms with Crippen molar-refractivity contribution < 1.29 is 27.9 Å². The topological polar surface area (TPSA) is 137 Å². The molecule has 1 aromatic heterocycles. The second-order valence-corrected chi connectivity index (χ2v) is 10.7. The molecule has 2 saturated heterocycles. The summed E-state index contributed by atoms with van der Waals surface area (Å²) < 4.78 is 23.8. The van der Waals surface area contributed by atoms with E-state index >= 15 is 0 Å². The first-order chi connectivity index (χ1) is 13.6. The summed E-state index contributed by atoms with van der Waals surface area (Å²) in [7, 11) is -3.74. The highest BCUT2D eigenvalue weighted by Gasteiger charge is 2.67. The molecule has 10 heteroatoms. The van der Waals surface area contributed by atoms with Gasteiger partial charge in [-0.1, -0.05) is 18.2 Å². The lowest BCUT2D eigenvalue weighted by Crippen LogP contribution is -2.61. The number of aromatic amines is 1. The van der Waals surface area contributed by atoms with E-state index in [2.05, 4.69) is 10.3 Å². The van der Waals surface area contributed by atoms with Crippen LogP contribution < -0.4 is 5.32 Å². The smallest absolute Gasteiger partial charge is 0.326 e. The Labute approximate surface area is 167 Å². The van der Waals surface area contributed by atoms with Crippen molar-refractivity contribution in [1.82, 2.24) is 15.2 Å². The Hall–Kier alpha value is -2.88. The third-order valence-corrected chi connectivity index (χ3v) is 8.74. The standard InChI is InChI=1S/C19H21N3O6S/c1-19(2)16(22-14(23)8-15(22)29(19,27)28)17(24)21-13(18(25)26)7-10-9-20-12-6-4-3-5-11(10)12/h3-6,9,13,15-16,20H,7-8H2,1-2H3,(H,21,24)(H,25,26)/t13-,15+,16+/m0/s1. The van der Waals surface area contributed by atoms with Crippen molar-refractivity contribution in [3.05, 3.63) is 36.0 Å². The van der Waals surface area contributed by atoms with Crippen LogP contribution in [0.1, 0.15) is 25.8 Å². The molecule has 0 bridgehead atoms. The molecule has 0 saturated carbocycles. The molecule has 4 rings (SSSR count). The molecule has 0 spiro atoms. The summed E-state index contributed by atoms with van der Waals surface area (Å²) >= 11 is 0. The summed E-state index contributed by atoms with van der Waals surface area (Å²) in [6, 6.07) is 4.85. The fraction of sp³-hybridized carbons (Fsp3) is 0.421. The zero-order valence-electron chi connectivity index (χ0n) is 15.9. The van der Waals surface area contributed by atoms with Gasteiger partial charge in [-0.15, -0.1) is 0 Å². The summed E-state index contributed by atoms with van der Waals surface area (Å²) in [5.74, 6) is -2.44. The van der Waals surface area contributed by atoms with Gasteiger partial charge in [-0.25, -0.2) is 13.2 Å². The number of rotatable bonds is 5. The fourth-order valence-corrected chi connectivity index (χ4v) is 6.36. The summed E-state index contributed by atoms with van der Waals surface area (Å²) in [6.07, 6.45) is 1.56. The van der Waals surface area contributed by atoms with Crippen LogP contribution in [0.4, 0.5) is 0 Å². The number of carbonyl (C=O) groups is 3. The average Bonchev–Trinajstić information content (AvgIpc) is 3.10. The van der Waals surface area contributed by atoms with E-state index < -0.39 is 49.8 Å². The van der Waals surface area contributed by atoms with Crippen molar-refractivity contribution in [1.29, 1.82) is 0 Å². The van der Waals surface area contributed by atoms with Crippen LogP contribution in [-0.2, 0) is 30.6 Å². The van der Waals surface area contributed by atoms with Crippen molar-refractivity contribution >= 4 is 38.5 Å². The molecular formula is C19H21N3O6S. The monoisotopic (exact) mass is 419 g/mol. The number of carboxylic acid groups (broad SMARTS) is 1. The van der Waals surface area contributed by atoms with Crippen molar-refractivity contribution in [2.75, 3.05) is 0 Å². The van der Waals surface area contributed by atoms with E-state index in [0.29, 0.717) is 5.56 Å².